The molecule has 0 atom stereocenters. The van der Waals surface area contributed by atoms with Gasteiger partial charge in [0.1, 0.15) is 11.3 Å². The van der Waals surface area contributed by atoms with Crippen LogP contribution in [0.25, 0.3) is 22.1 Å². The zero-order valence-corrected chi connectivity index (χ0v) is 16.1. The molecule has 0 fully saturated rings. The Balaban J connectivity index is 1.84. The number of amides is 1. The number of fused-ring (bicyclic) bond motifs is 1. The standard InChI is InChI=1S/C23H23NO4/c1-4-24(14-16(2)3)22(25)15-27-18-10-11-19-20(17-8-6-5-7-9-17)13-23(26)28-21(19)12-18/h5-13H,2,4,14-15H2,1,3H3. The van der Waals surface area contributed by atoms with E-state index in [1.54, 1.807) is 17.0 Å². The zero-order chi connectivity index (χ0) is 20.1. The molecule has 0 aliphatic rings. The number of hydrogen-bond acceptors (Lipinski definition) is 4. The van der Waals surface area contributed by atoms with Crippen molar-refractivity contribution in [1.82, 2.24) is 4.90 Å². The predicted octanol–water partition coefficient (Wildman–Crippen LogP) is 4.26. The number of ether oxygens (including phenoxy) is 1. The Morgan fingerprint density at radius 3 is 2.57 bits per heavy atom. The highest BCUT2D eigenvalue weighted by atomic mass is 16.5. The first-order valence-electron chi connectivity index (χ1n) is 9.16. The number of carbonyl (C=O) groups is 1. The van der Waals surface area contributed by atoms with Crippen LogP contribution in [0.3, 0.4) is 0 Å². The molecular weight excluding hydrogens is 354 g/mol. The molecule has 0 saturated carbocycles. The summed E-state index contributed by atoms with van der Waals surface area (Å²) in [5.41, 5.74) is 2.63. The van der Waals surface area contributed by atoms with Gasteiger partial charge >= 0.3 is 5.63 Å². The molecule has 3 aromatic rings. The van der Waals surface area contributed by atoms with Crippen molar-refractivity contribution in [3.05, 3.63) is 77.2 Å². The molecular formula is C23H23NO4. The van der Waals surface area contributed by atoms with Crippen molar-refractivity contribution in [2.45, 2.75) is 13.8 Å². The first kappa shape index (κ1) is 19.4. The van der Waals surface area contributed by atoms with Crippen LogP contribution in [0.2, 0.25) is 0 Å². The number of nitrogens with zero attached hydrogens (tertiary/aromatic N) is 1. The Kier molecular flexibility index (Phi) is 5.94. The van der Waals surface area contributed by atoms with Gasteiger partial charge in [0.05, 0.1) is 0 Å². The van der Waals surface area contributed by atoms with Crippen molar-refractivity contribution in [2.75, 3.05) is 19.7 Å². The van der Waals surface area contributed by atoms with Gasteiger partial charge in [-0.1, -0.05) is 42.5 Å². The summed E-state index contributed by atoms with van der Waals surface area (Å²) in [5, 5.41) is 0.807. The molecule has 5 heteroatoms. The van der Waals surface area contributed by atoms with Crippen molar-refractivity contribution < 1.29 is 13.9 Å². The highest BCUT2D eigenvalue weighted by molar-refractivity contribution is 5.93. The summed E-state index contributed by atoms with van der Waals surface area (Å²) in [4.78, 5) is 26.0. The fourth-order valence-corrected chi connectivity index (χ4v) is 3.03. The molecule has 0 spiro atoms. The Hall–Kier alpha value is -3.34. The number of hydrogen-bond donors (Lipinski definition) is 0. The summed E-state index contributed by atoms with van der Waals surface area (Å²) in [6.07, 6.45) is 0. The Labute approximate surface area is 163 Å². The Bertz CT molecular complexity index is 1050. The van der Waals surface area contributed by atoms with Crippen molar-refractivity contribution in [3.63, 3.8) is 0 Å². The average Bonchev–Trinajstić information content (AvgIpc) is 2.69. The van der Waals surface area contributed by atoms with Crippen LogP contribution in [0, 0.1) is 0 Å². The van der Waals surface area contributed by atoms with Crippen molar-refractivity contribution in [1.29, 1.82) is 0 Å². The molecule has 0 bridgehead atoms. The summed E-state index contributed by atoms with van der Waals surface area (Å²) >= 11 is 0. The molecule has 3 rings (SSSR count). The third-order valence-corrected chi connectivity index (χ3v) is 4.36. The molecule has 0 unspecified atom stereocenters. The van der Waals surface area contributed by atoms with Gasteiger partial charge < -0.3 is 14.1 Å². The van der Waals surface area contributed by atoms with Gasteiger partial charge in [0.25, 0.3) is 5.91 Å². The van der Waals surface area contributed by atoms with E-state index < -0.39 is 5.63 Å². The summed E-state index contributed by atoms with van der Waals surface area (Å²) < 4.78 is 11.0. The van der Waals surface area contributed by atoms with E-state index in [2.05, 4.69) is 6.58 Å². The van der Waals surface area contributed by atoms with E-state index in [9.17, 15) is 9.59 Å². The average molecular weight is 377 g/mol. The number of benzene rings is 2. The van der Waals surface area contributed by atoms with Crippen molar-refractivity contribution in [2.24, 2.45) is 0 Å². The lowest BCUT2D eigenvalue weighted by molar-refractivity contribution is -0.132. The largest absolute Gasteiger partial charge is 0.484 e. The molecule has 28 heavy (non-hydrogen) atoms. The lowest BCUT2D eigenvalue weighted by Gasteiger charge is -2.21. The Morgan fingerprint density at radius 1 is 1.14 bits per heavy atom. The summed E-state index contributed by atoms with van der Waals surface area (Å²) in [6, 6.07) is 16.4. The molecule has 0 saturated heterocycles. The minimum Gasteiger partial charge on any atom is -0.484 e. The molecule has 1 heterocycles. The summed E-state index contributed by atoms with van der Waals surface area (Å²) in [5.74, 6) is 0.352. The summed E-state index contributed by atoms with van der Waals surface area (Å²) in [7, 11) is 0. The topological polar surface area (TPSA) is 59.8 Å². The van der Waals surface area contributed by atoms with E-state index in [4.69, 9.17) is 9.15 Å². The SMILES string of the molecule is C=C(C)CN(CC)C(=O)COc1ccc2c(-c3ccccc3)cc(=O)oc2c1. The van der Waals surface area contributed by atoms with Gasteiger partial charge in [0.15, 0.2) is 6.61 Å². The van der Waals surface area contributed by atoms with Gasteiger partial charge in [0.2, 0.25) is 0 Å². The van der Waals surface area contributed by atoms with E-state index >= 15 is 0 Å². The van der Waals surface area contributed by atoms with Crippen molar-refractivity contribution in [3.8, 4) is 16.9 Å². The number of carbonyl (C=O) groups excluding carboxylic acids is 1. The third-order valence-electron chi connectivity index (χ3n) is 4.36. The van der Waals surface area contributed by atoms with E-state index in [-0.39, 0.29) is 12.5 Å². The lowest BCUT2D eigenvalue weighted by Crippen LogP contribution is -2.35. The normalized spacial score (nSPS) is 10.6. The molecule has 0 aliphatic heterocycles. The second-order valence-corrected chi connectivity index (χ2v) is 6.66. The first-order chi connectivity index (χ1) is 13.5. The van der Waals surface area contributed by atoms with E-state index in [0.717, 1.165) is 22.1 Å². The van der Waals surface area contributed by atoms with Crippen LogP contribution < -0.4 is 10.4 Å². The monoisotopic (exact) mass is 377 g/mol. The van der Waals surface area contributed by atoms with E-state index in [1.807, 2.05) is 50.2 Å². The van der Waals surface area contributed by atoms with Crippen molar-refractivity contribution >= 4 is 16.9 Å². The van der Waals surface area contributed by atoms with Crippen LogP contribution in [0.1, 0.15) is 13.8 Å². The highest BCUT2D eigenvalue weighted by Crippen LogP contribution is 2.29. The Morgan fingerprint density at radius 2 is 1.89 bits per heavy atom. The predicted molar refractivity (Wildman–Crippen MR) is 110 cm³/mol. The lowest BCUT2D eigenvalue weighted by atomic mass is 10.0. The highest BCUT2D eigenvalue weighted by Gasteiger charge is 2.13. The minimum atomic E-state index is -0.432. The molecule has 2 aromatic carbocycles. The molecule has 0 N–H and O–H groups in total. The van der Waals surface area contributed by atoms with E-state index in [1.165, 1.54) is 6.07 Å². The van der Waals surface area contributed by atoms with Crippen LogP contribution >= 0.6 is 0 Å². The van der Waals surface area contributed by atoms with Crippen LogP contribution in [0.4, 0.5) is 0 Å². The number of rotatable bonds is 7. The van der Waals surface area contributed by atoms with Crippen LogP contribution in [-0.4, -0.2) is 30.5 Å². The van der Waals surface area contributed by atoms with Crippen LogP contribution in [-0.2, 0) is 4.79 Å². The minimum absolute atomic E-state index is 0.0881. The maximum Gasteiger partial charge on any atom is 0.336 e. The quantitative estimate of drug-likeness (QED) is 0.456. The number of likely N-dealkylation sites (N-methyl/N-ethyl adjacent to an activating group) is 1. The third kappa shape index (κ3) is 4.49. The van der Waals surface area contributed by atoms with E-state index in [0.29, 0.717) is 24.4 Å². The molecule has 144 valence electrons. The smallest absolute Gasteiger partial charge is 0.336 e. The zero-order valence-electron chi connectivity index (χ0n) is 16.1. The van der Waals surface area contributed by atoms with Gasteiger partial charge in [-0.3, -0.25) is 4.79 Å². The molecule has 0 radical (unpaired) electrons. The van der Waals surface area contributed by atoms with Gasteiger partial charge in [0, 0.05) is 30.6 Å². The maximum atomic E-state index is 12.3. The van der Waals surface area contributed by atoms with Gasteiger partial charge in [-0.15, -0.1) is 0 Å². The van der Waals surface area contributed by atoms with Gasteiger partial charge in [-0.2, -0.15) is 0 Å². The molecule has 1 amide bonds. The van der Waals surface area contributed by atoms with Crippen LogP contribution in [0.15, 0.2) is 76.0 Å². The van der Waals surface area contributed by atoms with Crippen LogP contribution in [0.5, 0.6) is 5.75 Å². The van der Waals surface area contributed by atoms with Gasteiger partial charge in [-0.25, -0.2) is 4.79 Å². The maximum absolute atomic E-state index is 12.3. The first-order valence-corrected chi connectivity index (χ1v) is 9.16. The second-order valence-electron chi connectivity index (χ2n) is 6.66. The fourth-order valence-electron chi connectivity index (χ4n) is 3.03. The van der Waals surface area contributed by atoms with Gasteiger partial charge in [-0.05, 0) is 37.1 Å². The second kappa shape index (κ2) is 8.57. The molecule has 0 aliphatic carbocycles. The fraction of sp³-hybridized carbons (Fsp3) is 0.217. The summed E-state index contributed by atoms with van der Waals surface area (Å²) in [6.45, 7) is 8.64. The molecule has 5 nitrogen and oxygen atoms in total. The molecule has 1 aromatic heterocycles.